The van der Waals surface area contributed by atoms with Gasteiger partial charge in [-0.1, -0.05) is 40.2 Å². The molecule has 3 rings (SSSR count). The van der Waals surface area contributed by atoms with E-state index in [9.17, 15) is 4.79 Å². The van der Waals surface area contributed by atoms with Gasteiger partial charge in [0.1, 0.15) is 0 Å². The fourth-order valence-corrected chi connectivity index (χ4v) is 4.09. The Labute approximate surface area is 129 Å². The lowest BCUT2D eigenvalue weighted by Gasteiger charge is -2.35. The number of hydrogen-bond acceptors (Lipinski definition) is 1. The van der Waals surface area contributed by atoms with Crippen molar-refractivity contribution in [2.24, 2.45) is 11.8 Å². The van der Waals surface area contributed by atoms with Crippen LogP contribution in [0.25, 0.3) is 0 Å². The predicted molar refractivity (Wildman–Crippen MR) is 85.1 cm³/mol. The minimum absolute atomic E-state index is 0.207. The number of carbonyl (C=O) groups excluding carboxylic acids is 1. The number of rotatable bonds is 2. The van der Waals surface area contributed by atoms with Gasteiger partial charge < -0.3 is 4.90 Å². The zero-order valence-electron chi connectivity index (χ0n) is 11.9. The Morgan fingerprint density at radius 3 is 2.85 bits per heavy atom. The summed E-state index contributed by atoms with van der Waals surface area (Å²) in [5, 5.41) is 1.02. The van der Waals surface area contributed by atoms with E-state index in [1.165, 1.54) is 17.5 Å². The first-order valence-electron chi connectivity index (χ1n) is 7.69. The Balaban J connectivity index is 1.67. The highest BCUT2D eigenvalue weighted by molar-refractivity contribution is 9.09. The summed E-state index contributed by atoms with van der Waals surface area (Å²) in [6.45, 7) is 1.91. The molecule has 2 atom stereocenters. The summed E-state index contributed by atoms with van der Waals surface area (Å²) in [7, 11) is 0. The van der Waals surface area contributed by atoms with E-state index in [-0.39, 0.29) is 5.92 Å². The second kappa shape index (κ2) is 6.30. The summed E-state index contributed by atoms with van der Waals surface area (Å²) in [6, 6.07) is 8.59. The van der Waals surface area contributed by atoms with Crippen LogP contribution in [-0.4, -0.2) is 29.2 Å². The Bertz CT molecular complexity index is 488. The quantitative estimate of drug-likeness (QED) is 0.758. The van der Waals surface area contributed by atoms with E-state index in [0.717, 1.165) is 44.1 Å². The molecule has 1 aromatic carbocycles. The van der Waals surface area contributed by atoms with E-state index < -0.39 is 0 Å². The van der Waals surface area contributed by atoms with Crippen LogP contribution >= 0.6 is 15.9 Å². The molecule has 1 aliphatic carbocycles. The number of likely N-dealkylation sites (tertiary alicyclic amines) is 1. The minimum atomic E-state index is 0.207. The van der Waals surface area contributed by atoms with Crippen LogP contribution in [0, 0.1) is 11.8 Å². The second-order valence-electron chi connectivity index (χ2n) is 6.16. The largest absolute Gasteiger partial charge is 0.342 e. The van der Waals surface area contributed by atoms with E-state index in [1.807, 2.05) is 0 Å². The van der Waals surface area contributed by atoms with Gasteiger partial charge in [0.2, 0.25) is 5.91 Å². The van der Waals surface area contributed by atoms with Gasteiger partial charge in [-0.25, -0.2) is 0 Å². The van der Waals surface area contributed by atoms with Crippen molar-refractivity contribution in [3.8, 4) is 0 Å². The predicted octanol–water partition coefficient (Wildman–Crippen LogP) is 3.43. The maximum Gasteiger partial charge on any atom is 0.226 e. The molecule has 2 aliphatic rings. The van der Waals surface area contributed by atoms with Crippen LogP contribution in [-0.2, 0) is 17.6 Å². The van der Waals surface area contributed by atoms with Gasteiger partial charge in [0.25, 0.3) is 0 Å². The first kappa shape index (κ1) is 14.1. The van der Waals surface area contributed by atoms with Crippen LogP contribution in [0.2, 0.25) is 0 Å². The SMILES string of the molecule is O=C(C1CCc2ccccc2C1)N1CCCC(CBr)C1. The van der Waals surface area contributed by atoms with Gasteiger partial charge in [-0.05, 0) is 49.1 Å². The summed E-state index contributed by atoms with van der Waals surface area (Å²) in [6.07, 6.45) is 5.42. The fraction of sp³-hybridized carbons (Fsp3) is 0.588. The first-order valence-corrected chi connectivity index (χ1v) is 8.81. The number of piperidine rings is 1. The van der Waals surface area contributed by atoms with Gasteiger partial charge in [0.05, 0.1) is 0 Å². The molecule has 1 fully saturated rings. The normalized spacial score (nSPS) is 26.1. The molecule has 1 saturated heterocycles. The Morgan fingerprint density at radius 1 is 1.25 bits per heavy atom. The topological polar surface area (TPSA) is 20.3 Å². The molecule has 0 radical (unpaired) electrons. The van der Waals surface area contributed by atoms with Crippen molar-refractivity contribution >= 4 is 21.8 Å². The van der Waals surface area contributed by atoms with Gasteiger partial charge in [0, 0.05) is 24.3 Å². The number of aryl methyl sites for hydroxylation is 1. The second-order valence-corrected chi connectivity index (χ2v) is 6.80. The van der Waals surface area contributed by atoms with Crippen molar-refractivity contribution in [3.63, 3.8) is 0 Å². The summed E-state index contributed by atoms with van der Waals surface area (Å²) < 4.78 is 0. The molecule has 0 spiro atoms. The van der Waals surface area contributed by atoms with Gasteiger partial charge in [-0.3, -0.25) is 4.79 Å². The number of nitrogens with zero attached hydrogens (tertiary/aromatic N) is 1. The zero-order chi connectivity index (χ0) is 13.9. The van der Waals surface area contributed by atoms with Crippen LogP contribution in [0.4, 0.5) is 0 Å². The average Bonchev–Trinajstić information content (AvgIpc) is 2.53. The van der Waals surface area contributed by atoms with E-state index in [2.05, 4.69) is 45.1 Å². The molecule has 1 aromatic rings. The van der Waals surface area contributed by atoms with Crippen LogP contribution in [0.3, 0.4) is 0 Å². The molecule has 0 N–H and O–H groups in total. The van der Waals surface area contributed by atoms with Gasteiger partial charge in [0.15, 0.2) is 0 Å². The molecule has 2 unspecified atom stereocenters. The average molecular weight is 336 g/mol. The van der Waals surface area contributed by atoms with Crippen LogP contribution in [0.1, 0.15) is 30.4 Å². The molecule has 108 valence electrons. The number of carbonyl (C=O) groups is 1. The van der Waals surface area contributed by atoms with Crippen molar-refractivity contribution in [1.82, 2.24) is 4.90 Å². The molecule has 1 amide bonds. The molecule has 0 saturated carbocycles. The van der Waals surface area contributed by atoms with Gasteiger partial charge in [-0.2, -0.15) is 0 Å². The number of alkyl halides is 1. The van der Waals surface area contributed by atoms with Crippen molar-refractivity contribution in [2.45, 2.75) is 32.1 Å². The van der Waals surface area contributed by atoms with Crippen LogP contribution in [0.5, 0.6) is 0 Å². The van der Waals surface area contributed by atoms with Crippen molar-refractivity contribution < 1.29 is 4.79 Å². The molecular formula is C17H22BrNO. The van der Waals surface area contributed by atoms with E-state index in [4.69, 9.17) is 0 Å². The Hall–Kier alpha value is -0.830. The van der Waals surface area contributed by atoms with Crippen molar-refractivity contribution in [2.75, 3.05) is 18.4 Å². The summed E-state index contributed by atoms with van der Waals surface area (Å²) in [4.78, 5) is 14.9. The number of amides is 1. The lowest BCUT2D eigenvalue weighted by molar-refractivity contribution is -0.137. The number of fused-ring (bicyclic) bond motifs is 1. The highest BCUT2D eigenvalue weighted by atomic mass is 79.9. The maximum absolute atomic E-state index is 12.7. The van der Waals surface area contributed by atoms with Crippen LogP contribution in [0.15, 0.2) is 24.3 Å². The number of hydrogen-bond donors (Lipinski definition) is 0. The lowest BCUT2D eigenvalue weighted by atomic mass is 9.83. The van der Waals surface area contributed by atoms with E-state index in [0.29, 0.717) is 11.8 Å². The van der Waals surface area contributed by atoms with E-state index >= 15 is 0 Å². The Morgan fingerprint density at radius 2 is 2.05 bits per heavy atom. The fourth-order valence-electron chi connectivity index (χ4n) is 3.56. The zero-order valence-corrected chi connectivity index (χ0v) is 13.4. The number of benzene rings is 1. The van der Waals surface area contributed by atoms with Crippen molar-refractivity contribution in [3.05, 3.63) is 35.4 Å². The lowest BCUT2D eigenvalue weighted by Crippen LogP contribution is -2.44. The van der Waals surface area contributed by atoms with Crippen LogP contribution < -0.4 is 0 Å². The molecular weight excluding hydrogens is 314 g/mol. The first-order chi connectivity index (χ1) is 9.78. The third-order valence-electron chi connectivity index (χ3n) is 4.74. The Kier molecular flexibility index (Phi) is 4.45. The minimum Gasteiger partial charge on any atom is -0.342 e. The highest BCUT2D eigenvalue weighted by Crippen LogP contribution is 2.28. The molecule has 0 aromatic heterocycles. The third-order valence-corrected chi connectivity index (χ3v) is 5.66. The molecule has 1 aliphatic heterocycles. The monoisotopic (exact) mass is 335 g/mol. The molecule has 1 heterocycles. The molecule has 2 nitrogen and oxygen atoms in total. The van der Waals surface area contributed by atoms with Gasteiger partial charge >= 0.3 is 0 Å². The summed E-state index contributed by atoms with van der Waals surface area (Å²) in [5.41, 5.74) is 2.82. The standard InChI is InChI=1S/C17H22BrNO/c18-11-13-4-3-9-19(12-13)17(20)16-8-7-14-5-1-2-6-15(14)10-16/h1-2,5-6,13,16H,3-4,7-12H2. The van der Waals surface area contributed by atoms with E-state index in [1.54, 1.807) is 0 Å². The maximum atomic E-state index is 12.7. The number of halogens is 1. The van der Waals surface area contributed by atoms with Gasteiger partial charge in [-0.15, -0.1) is 0 Å². The molecule has 0 bridgehead atoms. The van der Waals surface area contributed by atoms with Crippen molar-refractivity contribution in [1.29, 1.82) is 0 Å². The molecule has 20 heavy (non-hydrogen) atoms. The molecule has 3 heteroatoms. The smallest absolute Gasteiger partial charge is 0.226 e. The summed E-state index contributed by atoms with van der Waals surface area (Å²) in [5.74, 6) is 1.24. The third kappa shape index (κ3) is 2.93. The highest BCUT2D eigenvalue weighted by Gasteiger charge is 2.30. The summed E-state index contributed by atoms with van der Waals surface area (Å²) >= 11 is 3.57.